The first-order valence-electron chi connectivity index (χ1n) is 4.64. The van der Waals surface area contributed by atoms with Crippen molar-refractivity contribution in [3.63, 3.8) is 0 Å². The maximum atomic E-state index is 11.4. The Kier molecular flexibility index (Phi) is 5.67. The molecule has 0 bridgehead atoms. The number of ether oxygens (including phenoxy) is 1. The second kappa shape index (κ2) is 6.23. The van der Waals surface area contributed by atoms with Crippen LogP contribution in [0.25, 0.3) is 0 Å². The number of hydrogen-bond acceptors (Lipinski definition) is 4. The predicted octanol–water partition coefficient (Wildman–Crippen LogP) is 0.829. The number of nitrogens with one attached hydrogen (secondary N) is 1. The molecule has 0 aromatic carbocycles. The van der Waals surface area contributed by atoms with Crippen molar-refractivity contribution >= 4 is 11.8 Å². The molecule has 2 N–H and O–H groups in total. The predicted molar refractivity (Wildman–Crippen MR) is 53.2 cm³/mol. The highest BCUT2D eigenvalue weighted by Gasteiger charge is 2.28. The van der Waals surface area contributed by atoms with Crippen LogP contribution in [-0.2, 0) is 9.53 Å². The van der Waals surface area contributed by atoms with E-state index in [4.69, 9.17) is 9.94 Å². The van der Waals surface area contributed by atoms with E-state index in [1.165, 1.54) is 0 Å². The molecule has 0 aliphatic heterocycles. The van der Waals surface area contributed by atoms with E-state index < -0.39 is 5.92 Å². The van der Waals surface area contributed by atoms with Crippen LogP contribution in [0.1, 0.15) is 20.8 Å². The average molecular weight is 202 g/mol. The van der Waals surface area contributed by atoms with Crippen molar-refractivity contribution in [1.29, 1.82) is 0 Å². The molecule has 0 spiro atoms. The smallest absolute Gasteiger partial charge is 0.238 e. The summed E-state index contributed by atoms with van der Waals surface area (Å²) in [7, 11) is 1.54. The summed E-state index contributed by atoms with van der Waals surface area (Å²) >= 11 is 0. The van der Waals surface area contributed by atoms with Crippen molar-refractivity contribution in [3.8, 4) is 0 Å². The SMILES string of the molecule is CCOC(=NO)C(C(=O)NC)C(C)C. The van der Waals surface area contributed by atoms with Crippen LogP contribution in [0.4, 0.5) is 0 Å². The van der Waals surface area contributed by atoms with Crippen molar-refractivity contribution in [3.05, 3.63) is 0 Å². The van der Waals surface area contributed by atoms with E-state index in [-0.39, 0.29) is 17.7 Å². The number of hydrogen-bond donors (Lipinski definition) is 2. The molecule has 1 atom stereocenters. The zero-order chi connectivity index (χ0) is 11.1. The van der Waals surface area contributed by atoms with E-state index in [1.807, 2.05) is 13.8 Å². The van der Waals surface area contributed by atoms with Gasteiger partial charge >= 0.3 is 0 Å². The normalized spacial score (nSPS) is 13.9. The highest BCUT2D eigenvalue weighted by atomic mass is 16.5. The van der Waals surface area contributed by atoms with E-state index in [9.17, 15) is 4.79 Å². The lowest BCUT2D eigenvalue weighted by molar-refractivity contribution is -0.124. The zero-order valence-corrected chi connectivity index (χ0v) is 9.07. The van der Waals surface area contributed by atoms with Gasteiger partial charge in [-0.1, -0.05) is 19.0 Å². The molecular formula is C9H18N2O3. The number of rotatable bonds is 4. The summed E-state index contributed by atoms with van der Waals surface area (Å²) < 4.78 is 5.08. The van der Waals surface area contributed by atoms with Gasteiger partial charge in [-0.05, 0) is 12.8 Å². The van der Waals surface area contributed by atoms with Gasteiger partial charge in [-0.3, -0.25) is 4.79 Å². The largest absolute Gasteiger partial charge is 0.478 e. The molecule has 0 fully saturated rings. The van der Waals surface area contributed by atoms with E-state index in [0.717, 1.165) is 0 Å². The van der Waals surface area contributed by atoms with Crippen LogP contribution < -0.4 is 5.32 Å². The fourth-order valence-corrected chi connectivity index (χ4v) is 1.18. The molecule has 1 unspecified atom stereocenters. The fourth-order valence-electron chi connectivity index (χ4n) is 1.18. The first kappa shape index (κ1) is 12.7. The van der Waals surface area contributed by atoms with Gasteiger partial charge in [0.2, 0.25) is 11.8 Å². The Balaban J connectivity index is 4.70. The van der Waals surface area contributed by atoms with E-state index in [2.05, 4.69) is 10.5 Å². The fraction of sp³-hybridized carbons (Fsp3) is 0.778. The minimum atomic E-state index is -0.537. The third kappa shape index (κ3) is 3.24. The summed E-state index contributed by atoms with van der Waals surface area (Å²) in [6, 6.07) is 0. The second-order valence-corrected chi connectivity index (χ2v) is 3.21. The first-order valence-corrected chi connectivity index (χ1v) is 4.64. The van der Waals surface area contributed by atoms with Gasteiger partial charge in [0.05, 0.1) is 6.61 Å². The molecule has 1 amide bonds. The summed E-state index contributed by atoms with van der Waals surface area (Å²) in [6.07, 6.45) is 0. The lowest BCUT2D eigenvalue weighted by Crippen LogP contribution is -2.37. The summed E-state index contributed by atoms with van der Waals surface area (Å²) in [5.41, 5.74) is 0. The van der Waals surface area contributed by atoms with Crippen LogP contribution in [0, 0.1) is 11.8 Å². The molecule has 0 saturated heterocycles. The summed E-state index contributed by atoms with van der Waals surface area (Å²) in [6.45, 7) is 5.88. The Bertz CT molecular complexity index is 214. The molecule has 82 valence electrons. The molecular weight excluding hydrogens is 184 g/mol. The van der Waals surface area contributed by atoms with Crippen molar-refractivity contribution < 1.29 is 14.7 Å². The van der Waals surface area contributed by atoms with Gasteiger partial charge in [-0.2, -0.15) is 0 Å². The standard InChI is InChI=1S/C9H18N2O3/c1-5-14-9(11-13)7(6(2)3)8(12)10-4/h6-7,13H,5H2,1-4H3,(H,10,12). The summed E-state index contributed by atoms with van der Waals surface area (Å²) in [4.78, 5) is 11.4. The molecule has 14 heavy (non-hydrogen) atoms. The Hall–Kier alpha value is -1.26. The third-order valence-corrected chi connectivity index (χ3v) is 1.85. The van der Waals surface area contributed by atoms with Crippen LogP contribution in [-0.4, -0.2) is 30.7 Å². The minimum absolute atomic E-state index is 0.0207. The Morgan fingerprint density at radius 2 is 2.14 bits per heavy atom. The maximum Gasteiger partial charge on any atom is 0.238 e. The van der Waals surface area contributed by atoms with Gasteiger partial charge in [0.15, 0.2) is 0 Å². The molecule has 5 nitrogen and oxygen atoms in total. The summed E-state index contributed by atoms with van der Waals surface area (Å²) in [5.74, 6) is -0.652. The lowest BCUT2D eigenvalue weighted by Gasteiger charge is -2.19. The van der Waals surface area contributed by atoms with Crippen molar-refractivity contribution in [2.75, 3.05) is 13.7 Å². The van der Waals surface area contributed by atoms with Crippen LogP contribution in [0.15, 0.2) is 5.16 Å². The van der Waals surface area contributed by atoms with Crippen molar-refractivity contribution in [2.24, 2.45) is 17.0 Å². The first-order chi connectivity index (χ1) is 6.58. The number of carbonyl (C=O) groups excluding carboxylic acids is 1. The number of carbonyl (C=O) groups is 1. The maximum absolute atomic E-state index is 11.4. The van der Waals surface area contributed by atoms with Crippen LogP contribution in [0.2, 0.25) is 0 Å². The third-order valence-electron chi connectivity index (χ3n) is 1.85. The molecule has 0 aromatic heterocycles. The quantitative estimate of drug-likeness (QED) is 0.307. The molecule has 0 heterocycles. The molecule has 0 radical (unpaired) electrons. The number of oxime groups is 1. The highest BCUT2D eigenvalue weighted by Crippen LogP contribution is 2.14. The number of nitrogens with zero attached hydrogens (tertiary/aromatic N) is 1. The average Bonchev–Trinajstić information content (AvgIpc) is 2.16. The van der Waals surface area contributed by atoms with Gasteiger partial charge in [0, 0.05) is 7.05 Å². The van der Waals surface area contributed by atoms with Crippen LogP contribution in [0.5, 0.6) is 0 Å². The second-order valence-electron chi connectivity index (χ2n) is 3.21. The van der Waals surface area contributed by atoms with Crippen LogP contribution in [0.3, 0.4) is 0 Å². The van der Waals surface area contributed by atoms with E-state index in [0.29, 0.717) is 6.61 Å². The molecule has 0 aliphatic rings. The van der Waals surface area contributed by atoms with Gasteiger partial charge in [0.1, 0.15) is 5.92 Å². The molecule has 0 rings (SSSR count). The molecule has 0 saturated carbocycles. The Labute approximate surface area is 84.1 Å². The molecule has 5 heteroatoms. The Morgan fingerprint density at radius 1 is 1.57 bits per heavy atom. The lowest BCUT2D eigenvalue weighted by atomic mass is 9.95. The van der Waals surface area contributed by atoms with E-state index in [1.54, 1.807) is 14.0 Å². The zero-order valence-electron chi connectivity index (χ0n) is 9.07. The molecule has 0 aliphatic carbocycles. The van der Waals surface area contributed by atoms with Gasteiger partial charge in [-0.15, -0.1) is 0 Å². The monoisotopic (exact) mass is 202 g/mol. The van der Waals surface area contributed by atoms with Gasteiger partial charge in [-0.25, -0.2) is 0 Å². The number of amides is 1. The molecule has 0 aromatic rings. The highest BCUT2D eigenvalue weighted by molar-refractivity contribution is 6.00. The van der Waals surface area contributed by atoms with Gasteiger partial charge < -0.3 is 15.3 Å². The van der Waals surface area contributed by atoms with Gasteiger partial charge in [0.25, 0.3) is 0 Å². The topological polar surface area (TPSA) is 70.9 Å². The van der Waals surface area contributed by atoms with Crippen molar-refractivity contribution in [2.45, 2.75) is 20.8 Å². The van der Waals surface area contributed by atoms with Crippen LogP contribution >= 0.6 is 0 Å². The minimum Gasteiger partial charge on any atom is -0.478 e. The Morgan fingerprint density at radius 3 is 2.43 bits per heavy atom. The van der Waals surface area contributed by atoms with E-state index >= 15 is 0 Å². The summed E-state index contributed by atoms with van der Waals surface area (Å²) in [5, 5.41) is 14.2. The van der Waals surface area contributed by atoms with Crippen molar-refractivity contribution in [1.82, 2.24) is 5.32 Å².